The second-order valence-corrected chi connectivity index (χ2v) is 5.87. The van der Waals surface area contributed by atoms with Crippen LogP contribution in [0.1, 0.15) is 28.9 Å². The molecular weight excluding hydrogens is 264 g/mol. The number of nitrogens with one attached hydrogen (secondary N) is 1. The van der Waals surface area contributed by atoms with Crippen LogP contribution in [0.15, 0.2) is 18.3 Å². The van der Waals surface area contributed by atoms with Gasteiger partial charge in [-0.15, -0.1) is 0 Å². The van der Waals surface area contributed by atoms with E-state index in [1.807, 2.05) is 6.92 Å². The third kappa shape index (κ3) is 3.07. The quantitative estimate of drug-likeness (QED) is 0.876. The highest BCUT2D eigenvalue weighted by Crippen LogP contribution is 2.27. The molecule has 0 aliphatic carbocycles. The van der Waals surface area contributed by atoms with Crippen LogP contribution in [-0.2, 0) is 4.79 Å². The highest BCUT2D eigenvalue weighted by Gasteiger charge is 2.41. The lowest BCUT2D eigenvalue weighted by atomic mass is 9.92. The lowest BCUT2D eigenvalue weighted by molar-refractivity contribution is -0.144. The largest absolute Gasteiger partial charge is 0.480 e. The molecule has 1 amide bonds. The fraction of sp³-hybridized carbons (Fsp3) is 0.462. The first-order valence-corrected chi connectivity index (χ1v) is 7.25. The summed E-state index contributed by atoms with van der Waals surface area (Å²) in [5.41, 5.74) is 0.0794. The number of hydrogen-bond acceptors (Lipinski definition) is 4. The Morgan fingerprint density at radius 1 is 1.37 bits per heavy atom. The van der Waals surface area contributed by atoms with E-state index in [-0.39, 0.29) is 5.91 Å². The number of nitrogens with zero attached hydrogens (tertiary/aromatic N) is 1. The van der Waals surface area contributed by atoms with Gasteiger partial charge in [-0.3, -0.25) is 9.78 Å². The summed E-state index contributed by atoms with van der Waals surface area (Å²) >= 11 is 1.71. The molecule has 1 aliphatic rings. The van der Waals surface area contributed by atoms with Crippen molar-refractivity contribution in [2.75, 3.05) is 11.5 Å². The number of aryl methyl sites for hydroxylation is 1. The minimum absolute atomic E-state index is 0.373. The number of carbonyl (C=O) groups excluding carboxylic acids is 1. The maximum Gasteiger partial charge on any atom is 0.329 e. The van der Waals surface area contributed by atoms with Gasteiger partial charge in [0.25, 0.3) is 5.91 Å². The van der Waals surface area contributed by atoms with Gasteiger partial charge in [-0.1, -0.05) is 0 Å². The smallest absolute Gasteiger partial charge is 0.329 e. The zero-order valence-corrected chi connectivity index (χ0v) is 11.5. The van der Waals surface area contributed by atoms with Gasteiger partial charge in [-0.2, -0.15) is 11.8 Å². The second kappa shape index (κ2) is 5.61. The molecule has 0 atom stereocenters. The molecule has 0 spiro atoms. The van der Waals surface area contributed by atoms with Gasteiger partial charge in [-0.25, -0.2) is 4.79 Å². The lowest BCUT2D eigenvalue weighted by Gasteiger charge is -2.33. The Hall–Kier alpha value is -1.56. The van der Waals surface area contributed by atoms with Crippen molar-refractivity contribution in [2.24, 2.45) is 0 Å². The van der Waals surface area contributed by atoms with E-state index in [0.29, 0.717) is 18.4 Å². The minimum atomic E-state index is -1.13. The number of carbonyl (C=O) groups is 2. The molecule has 0 saturated carbocycles. The number of carboxylic acid groups (broad SMARTS) is 1. The fourth-order valence-electron chi connectivity index (χ4n) is 2.00. The number of pyridine rings is 1. The Kier molecular flexibility index (Phi) is 4.09. The molecule has 5 nitrogen and oxygen atoms in total. The molecule has 1 fully saturated rings. The van der Waals surface area contributed by atoms with Crippen molar-refractivity contribution >= 4 is 23.6 Å². The van der Waals surface area contributed by atoms with Crippen molar-refractivity contribution in [2.45, 2.75) is 25.3 Å². The maximum atomic E-state index is 12.1. The number of aliphatic carboxylic acids is 1. The van der Waals surface area contributed by atoms with Gasteiger partial charge >= 0.3 is 5.97 Å². The van der Waals surface area contributed by atoms with Crippen molar-refractivity contribution in [3.63, 3.8) is 0 Å². The Bertz CT molecular complexity index is 481. The number of aromatic nitrogens is 1. The van der Waals surface area contributed by atoms with Crippen molar-refractivity contribution in [1.82, 2.24) is 10.3 Å². The van der Waals surface area contributed by atoms with Crippen molar-refractivity contribution in [1.29, 1.82) is 0 Å². The lowest BCUT2D eigenvalue weighted by Crippen LogP contribution is -2.56. The van der Waals surface area contributed by atoms with Crippen LogP contribution in [0.3, 0.4) is 0 Å². The van der Waals surface area contributed by atoms with Gasteiger partial charge in [0.05, 0.1) is 5.56 Å². The number of rotatable bonds is 3. The van der Waals surface area contributed by atoms with Crippen LogP contribution < -0.4 is 5.32 Å². The normalized spacial score (nSPS) is 17.7. The summed E-state index contributed by atoms with van der Waals surface area (Å²) in [6.07, 6.45) is 2.38. The minimum Gasteiger partial charge on any atom is -0.480 e. The molecule has 1 aromatic heterocycles. The molecule has 0 bridgehead atoms. The molecule has 0 unspecified atom stereocenters. The first kappa shape index (κ1) is 13.9. The molecule has 1 aromatic rings. The van der Waals surface area contributed by atoms with E-state index in [0.717, 1.165) is 17.2 Å². The summed E-state index contributed by atoms with van der Waals surface area (Å²) in [6.45, 7) is 1.83. The summed E-state index contributed by atoms with van der Waals surface area (Å²) in [7, 11) is 0. The third-order valence-electron chi connectivity index (χ3n) is 3.28. The zero-order valence-electron chi connectivity index (χ0n) is 10.7. The van der Waals surface area contributed by atoms with Crippen molar-refractivity contribution < 1.29 is 14.7 Å². The molecule has 0 radical (unpaired) electrons. The standard InChI is InChI=1S/C13H16N2O3S/c1-9-2-3-10(8-14-9)11(16)15-13(12(17)18)4-6-19-7-5-13/h2-3,8H,4-7H2,1H3,(H,15,16)(H,17,18). The van der Waals surface area contributed by atoms with Gasteiger partial charge in [0.15, 0.2) is 0 Å². The Morgan fingerprint density at radius 2 is 2.05 bits per heavy atom. The number of hydrogen-bond donors (Lipinski definition) is 2. The van der Waals surface area contributed by atoms with E-state index in [1.165, 1.54) is 6.20 Å². The maximum absolute atomic E-state index is 12.1. The van der Waals surface area contributed by atoms with Crippen LogP contribution in [0.2, 0.25) is 0 Å². The van der Waals surface area contributed by atoms with Gasteiger partial charge in [0.1, 0.15) is 5.54 Å². The topological polar surface area (TPSA) is 79.3 Å². The molecule has 1 saturated heterocycles. The average Bonchev–Trinajstić information content (AvgIpc) is 2.40. The molecule has 0 aromatic carbocycles. The molecule has 2 N–H and O–H groups in total. The van der Waals surface area contributed by atoms with Crippen LogP contribution in [0.5, 0.6) is 0 Å². The number of amides is 1. The molecule has 2 rings (SSSR count). The highest BCUT2D eigenvalue weighted by atomic mass is 32.2. The zero-order chi connectivity index (χ0) is 13.9. The first-order valence-electron chi connectivity index (χ1n) is 6.10. The predicted octanol–water partition coefficient (Wildman–Crippen LogP) is 1.47. The Balaban J connectivity index is 2.15. The number of thioether (sulfide) groups is 1. The van der Waals surface area contributed by atoms with Gasteiger partial charge in [0.2, 0.25) is 0 Å². The average molecular weight is 280 g/mol. The second-order valence-electron chi connectivity index (χ2n) is 4.64. The van der Waals surface area contributed by atoms with E-state index in [9.17, 15) is 14.7 Å². The van der Waals surface area contributed by atoms with E-state index in [1.54, 1.807) is 23.9 Å². The summed E-state index contributed by atoms with van der Waals surface area (Å²) in [5.74, 6) is 0.167. The van der Waals surface area contributed by atoms with Gasteiger partial charge in [0, 0.05) is 11.9 Å². The summed E-state index contributed by atoms with van der Waals surface area (Å²) in [4.78, 5) is 27.6. The summed E-state index contributed by atoms with van der Waals surface area (Å²) < 4.78 is 0. The van der Waals surface area contributed by atoms with Gasteiger partial charge in [-0.05, 0) is 43.4 Å². The third-order valence-corrected chi connectivity index (χ3v) is 4.27. The van der Waals surface area contributed by atoms with E-state index in [4.69, 9.17) is 0 Å². The van der Waals surface area contributed by atoms with Gasteiger partial charge < -0.3 is 10.4 Å². The van der Waals surface area contributed by atoms with E-state index >= 15 is 0 Å². The number of carboxylic acids is 1. The molecular formula is C13H16N2O3S. The van der Waals surface area contributed by atoms with Crippen LogP contribution in [0.25, 0.3) is 0 Å². The predicted molar refractivity (Wildman–Crippen MR) is 73.4 cm³/mol. The molecule has 102 valence electrons. The summed E-state index contributed by atoms with van der Waals surface area (Å²) in [6, 6.07) is 3.39. The monoisotopic (exact) mass is 280 g/mol. The summed E-state index contributed by atoms with van der Waals surface area (Å²) in [5, 5.41) is 12.1. The highest BCUT2D eigenvalue weighted by molar-refractivity contribution is 7.99. The molecule has 6 heteroatoms. The van der Waals surface area contributed by atoms with Crippen molar-refractivity contribution in [3.05, 3.63) is 29.6 Å². The Labute approximate surface area is 115 Å². The van der Waals surface area contributed by atoms with Crippen LogP contribution in [0.4, 0.5) is 0 Å². The first-order chi connectivity index (χ1) is 9.03. The van der Waals surface area contributed by atoms with E-state index in [2.05, 4.69) is 10.3 Å². The van der Waals surface area contributed by atoms with Crippen LogP contribution in [-0.4, -0.2) is 39.0 Å². The molecule has 1 aliphatic heterocycles. The van der Waals surface area contributed by atoms with Crippen LogP contribution >= 0.6 is 11.8 Å². The van der Waals surface area contributed by atoms with Crippen LogP contribution in [0, 0.1) is 6.92 Å². The SMILES string of the molecule is Cc1ccc(C(=O)NC2(C(=O)O)CCSCC2)cn1. The molecule has 2 heterocycles. The molecule has 19 heavy (non-hydrogen) atoms. The fourth-order valence-corrected chi connectivity index (χ4v) is 3.19. The van der Waals surface area contributed by atoms with E-state index < -0.39 is 11.5 Å². The Morgan fingerprint density at radius 3 is 2.58 bits per heavy atom. The van der Waals surface area contributed by atoms with Crippen molar-refractivity contribution in [3.8, 4) is 0 Å².